The van der Waals surface area contributed by atoms with Gasteiger partial charge in [0.2, 0.25) is 5.91 Å². The van der Waals surface area contributed by atoms with Crippen LogP contribution in [0.1, 0.15) is 29.5 Å². The first-order chi connectivity index (χ1) is 15.1. The number of nitrogens with zero attached hydrogens (tertiary/aromatic N) is 2. The summed E-state index contributed by atoms with van der Waals surface area (Å²) in [5.41, 5.74) is 9.41. The number of primary amides is 1. The van der Waals surface area contributed by atoms with Crippen molar-refractivity contribution in [1.82, 2.24) is 9.80 Å². The van der Waals surface area contributed by atoms with E-state index in [9.17, 15) is 9.90 Å². The Labute approximate surface area is 184 Å². The third kappa shape index (κ3) is 6.06. The maximum Gasteiger partial charge on any atom is 0.220 e. The molecule has 6 heteroatoms. The molecule has 6 nitrogen and oxygen atoms in total. The summed E-state index contributed by atoms with van der Waals surface area (Å²) < 4.78 is 5.82. The number of rotatable bonds is 8. The van der Waals surface area contributed by atoms with Crippen LogP contribution in [0.3, 0.4) is 0 Å². The minimum Gasteiger partial charge on any atom is -0.491 e. The van der Waals surface area contributed by atoms with Crippen LogP contribution < -0.4 is 10.5 Å². The molecule has 1 atom stereocenters. The van der Waals surface area contributed by atoms with Gasteiger partial charge >= 0.3 is 0 Å². The van der Waals surface area contributed by atoms with E-state index in [-0.39, 0.29) is 18.4 Å². The summed E-state index contributed by atoms with van der Waals surface area (Å²) in [6, 6.07) is 16.6. The average Bonchev–Trinajstić information content (AvgIpc) is 2.79. The molecule has 2 aromatic carbocycles. The number of ether oxygens (including phenoxy) is 1. The second-order valence-corrected chi connectivity index (χ2v) is 8.82. The van der Waals surface area contributed by atoms with Gasteiger partial charge in [-0.25, -0.2) is 0 Å². The van der Waals surface area contributed by atoms with E-state index in [1.54, 1.807) is 0 Å². The van der Waals surface area contributed by atoms with Gasteiger partial charge in [0, 0.05) is 32.1 Å². The van der Waals surface area contributed by atoms with Crippen molar-refractivity contribution in [3.8, 4) is 5.75 Å². The number of aliphatic hydroxyl groups excluding tert-OH is 1. The average molecular weight is 424 g/mol. The molecule has 2 aliphatic rings. The van der Waals surface area contributed by atoms with Crippen LogP contribution in [0.4, 0.5) is 0 Å². The molecule has 2 aliphatic heterocycles. The molecule has 2 aromatic rings. The molecular formula is C25H33N3O3. The van der Waals surface area contributed by atoms with E-state index in [2.05, 4.69) is 46.2 Å². The smallest absolute Gasteiger partial charge is 0.220 e. The molecule has 166 valence electrons. The molecule has 0 bridgehead atoms. The number of hydrogen-bond donors (Lipinski definition) is 2. The Bertz CT molecular complexity index is 863. The van der Waals surface area contributed by atoms with E-state index in [1.807, 2.05) is 12.1 Å². The minimum atomic E-state index is -0.517. The topological polar surface area (TPSA) is 79.0 Å². The van der Waals surface area contributed by atoms with E-state index >= 15 is 0 Å². The predicted molar refractivity (Wildman–Crippen MR) is 121 cm³/mol. The Balaban J connectivity index is 1.19. The zero-order valence-electron chi connectivity index (χ0n) is 18.1. The van der Waals surface area contributed by atoms with Crippen molar-refractivity contribution in [2.45, 2.75) is 38.5 Å². The van der Waals surface area contributed by atoms with Gasteiger partial charge in [0.1, 0.15) is 18.5 Å². The molecular weight excluding hydrogens is 390 g/mol. The van der Waals surface area contributed by atoms with Crippen LogP contribution in [0, 0.1) is 5.92 Å². The third-order valence-corrected chi connectivity index (χ3v) is 6.44. The van der Waals surface area contributed by atoms with Crippen molar-refractivity contribution in [2.75, 3.05) is 32.8 Å². The monoisotopic (exact) mass is 423 g/mol. The first-order valence-corrected chi connectivity index (χ1v) is 11.3. The molecule has 0 aromatic heterocycles. The molecule has 3 N–H and O–H groups in total. The molecule has 1 amide bonds. The maximum atomic E-state index is 11.3. The fourth-order valence-electron chi connectivity index (χ4n) is 4.58. The van der Waals surface area contributed by atoms with Gasteiger partial charge in [-0.2, -0.15) is 0 Å². The highest BCUT2D eigenvalue weighted by molar-refractivity contribution is 5.76. The molecule has 1 fully saturated rings. The quantitative estimate of drug-likeness (QED) is 0.680. The Morgan fingerprint density at radius 1 is 1.03 bits per heavy atom. The molecule has 0 aliphatic carbocycles. The lowest BCUT2D eigenvalue weighted by atomic mass is 9.96. The van der Waals surface area contributed by atoms with Gasteiger partial charge in [-0.15, -0.1) is 0 Å². The summed E-state index contributed by atoms with van der Waals surface area (Å²) in [6.45, 7) is 5.44. The fraction of sp³-hybridized carbons (Fsp3) is 0.480. The molecule has 0 saturated carbocycles. The number of piperidine rings is 1. The van der Waals surface area contributed by atoms with Crippen molar-refractivity contribution >= 4 is 5.91 Å². The third-order valence-electron chi connectivity index (χ3n) is 6.44. The van der Waals surface area contributed by atoms with Gasteiger partial charge in [-0.3, -0.25) is 14.6 Å². The fourth-order valence-corrected chi connectivity index (χ4v) is 4.58. The zero-order chi connectivity index (χ0) is 21.6. The Kier molecular flexibility index (Phi) is 7.22. The SMILES string of the molecule is NC(=O)C1CCN(Cc2ccc(OCC(O)CN3CCc4ccccc4C3)cc2)CC1. The highest BCUT2D eigenvalue weighted by Gasteiger charge is 2.23. The first kappa shape index (κ1) is 21.8. The Morgan fingerprint density at radius 3 is 2.45 bits per heavy atom. The Hall–Kier alpha value is -2.41. The summed E-state index contributed by atoms with van der Waals surface area (Å²) in [6.07, 6.45) is 2.20. The lowest BCUT2D eigenvalue weighted by Crippen LogP contribution is -2.38. The summed E-state index contributed by atoms with van der Waals surface area (Å²) >= 11 is 0. The molecule has 1 unspecified atom stereocenters. The molecule has 31 heavy (non-hydrogen) atoms. The number of carbonyl (C=O) groups excluding carboxylic acids is 1. The van der Waals surface area contributed by atoms with Crippen LogP contribution in [-0.4, -0.2) is 59.7 Å². The molecule has 1 saturated heterocycles. The van der Waals surface area contributed by atoms with Crippen molar-refractivity contribution in [1.29, 1.82) is 0 Å². The van der Waals surface area contributed by atoms with Crippen molar-refractivity contribution in [2.24, 2.45) is 11.7 Å². The number of β-amino-alcohol motifs (C(OH)–C–C–N with tert-alkyl or cyclic N) is 1. The van der Waals surface area contributed by atoms with Crippen molar-refractivity contribution < 1.29 is 14.6 Å². The van der Waals surface area contributed by atoms with Crippen LogP contribution in [0.5, 0.6) is 5.75 Å². The number of benzene rings is 2. The number of carbonyl (C=O) groups is 1. The highest BCUT2D eigenvalue weighted by atomic mass is 16.5. The number of hydrogen-bond acceptors (Lipinski definition) is 5. The van der Waals surface area contributed by atoms with Crippen LogP contribution in [-0.2, 0) is 24.3 Å². The number of amides is 1. The molecule has 2 heterocycles. The number of likely N-dealkylation sites (tertiary alicyclic amines) is 1. The number of aliphatic hydroxyl groups is 1. The largest absolute Gasteiger partial charge is 0.491 e. The lowest BCUT2D eigenvalue weighted by Gasteiger charge is -2.30. The lowest BCUT2D eigenvalue weighted by molar-refractivity contribution is -0.123. The van der Waals surface area contributed by atoms with Crippen molar-refractivity contribution in [3.05, 3.63) is 65.2 Å². The Morgan fingerprint density at radius 2 is 1.74 bits per heavy atom. The van der Waals surface area contributed by atoms with E-state index in [1.165, 1.54) is 16.7 Å². The normalized spacial score (nSPS) is 19.0. The van der Waals surface area contributed by atoms with E-state index in [0.29, 0.717) is 6.54 Å². The number of nitrogens with two attached hydrogens (primary N) is 1. The summed E-state index contributed by atoms with van der Waals surface area (Å²) in [5, 5.41) is 10.4. The van der Waals surface area contributed by atoms with E-state index in [4.69, 9.17) is 10.5 Å². The number of fused-ring (bicyclic) bond motifs is 1. The molecule has 0 radical (unpaired) electrons. The summed E-state index contributed by atoms with van der Waals surface area (Å²) in [7, 11) is 0. The van der Waals surface area contributed by atoms with Crippen LogP contribution >= 0.6 is 0 Å². The van der Waals surface area contributed by atoms with Gasteiger partial charge < -0.3 is 15.6 Å². The molecule has 4 rings (SSSR count). The van der Waals surface area contributed by atoms with Gasteiger partial charge in [0.25, 0.3) is 0 Å². The predicted octanol–water partition coefficient (Wildman–Crippen LogP) is 2.18. The van der Waals surface area contributed by atoms with E-state index < -0.39 is 6.10 Å². The highest BCUT2D eigenvalue weighted by Crippen LogP contribution is 2.21. The van der Waals surface area contributed by atoms with Crippen molar-refractivity contribution in [3.63, 3.8) is 0 Å². The van der Waals surface area contributed by atoms with Gasteiger partial charge in [0.05, 0.1) is 0 Å². The molecule has 0 spiro atoms. The first-order valence-electron chi connectivity index (χ1n) is 11.3. The minimum absolute atomic E-state index is 0.0260. The van der Waals surface area contributed by atoms with Gasteiger partial charge in [-0.05, 0) is 61.2 Å². The maximum absolute atomic E-state index is 11.3. The standard InChI is InChI=1S/C25H33N3O3/c26-25(30)21-10-12-27(13-11-21)15-19-5-7-24(8-6-19)31-18-23(29)17-28-14-9-20-3-1-2-4-22(20)16-28/h1-8,21,23,29H,9-18H2,(H2,26,30). The van der Waals surface area contributed by atoms with Crippen LogP contribution in [0.15, 0.2) is 48.5 Å². The second-order valence-electron chi connectivity index (χ2n) is 8.82. The van der Waals surface area contributed by atoms with Gasteiger partial charge in [0.15, 0.2) is 0 Å². The van der Waals surface area contributed by atoms with Crippen LogP contribution in [0.2, 0.25) is 0 Å². The zero-order valence-corrected chi connectivity index (χ0v) is 18.1. The van der Waals surface area contributed by atoms with Gasteiger partial charge in [-0.1, -0.05) is 36.4 Å². The van der Waals surface area contributed by atoms with Crippen LogP contribution in [0.25, 0.3) is 0 Å². The van der Waals surface area contributed by atoms with E-state index in [0.717, 1.165) is 57.7 Å². The summed E-state index contributed by atoms with van der Waals surface area (Å²) in [5.74, 6) is 0.630. The second kappa shape index (κ2) is 10.3. The summed E-state index contributed by atoms with van der Waals surface area (Å²) in [4.78, 5) is 15.9.